The van der Waals surface area contributed by atoms with Crippen LogP contribution in [0.1, 0.15) is 0 Å². The number of rotatable bonds is 3. The summed E-state index contributed by atoms with van der Waals surface area (Å²) in [6.45, 7) is 0. The first-order valence-electron chi connectivity index (χ1n) is 7.12. The van der Waals surface area contributed by atoms with Crippen molar-refractivity contribution in [2.75, 3.05) is 5.32 Å². The number of hydrogen-bond donors (Lipinski definition) is 1. The minimum absolute atomic E-state index is 0.259. The van der Waals surface area contributed by atoms with Gasteiger partial charge in [-0.15, -0.1) is 11.3 Å². The quantitative estimate of drug-likeness (QED) is 0.560. The normalized spacial score (nSPS) is 10.8. The van der Waals surface area contributed by atoms with Crippen LogP contribution < -0.4 is 5.32 Å². The van der Waals surface area contributed by atoms with Gasteiger partial charge in [-0.1, -0.05) is 30.3 Å². The van der Waals surface area contributed by atoms with Crippen molar-refractivity contribution in [2.24, 2.45) is 0 Å². The molecular formula is C18H12FN3S. The number of halogens is 1. The van der Waals surface area contributed by atoms with E-state index in [4.69, 9.17) is 0 Å². The van der Waals surface area contributed by atoms with Gasteiger partial charge in [0.05, 0.1) is 5.39 Å². The molecule has 0 aliphatic heterocycles. The van der Waals surface area contributed by atoms with E-state index in [0.717, 1.165) is 32.2 Å². The summed E-state index contributed by atoms with van der Waals surface area (Å²) in [5, 5.41) is 4.19. The van der Waals surface area contributed by atoms with Crippen LogP contribution in [0.4, 0.5) is 15.9 Å². The molecule has 2 aromatic heterocycles. The Balaban J connectivity index is 1.75. The topological polar surface area (TPSA) is 37.8 Å². The Hall–Kier alpha value is -2.79. The number of hydrogen-bond acceptors (Lipinski definition) is 4. The molecule has 2 aromatic carbocycles. The van der Waals surface area contributed by atoms with Crippen molar-refractivity contribution in [3.63, 3.8) is 0 Å². The molecule has 112 valence electrons. The summed E-state index contributed by atoms with van der Waals surface area (Å²) in [7, 11) is 0. The minimum atomic E-state index is -0.259. The number of fused-ring (bicyclic) bond motifs is 1. The van der Waals surface area contributed by atoms with Crippen molar-refractivity contribution in [2.45, 2.75) is 0 Å². The summed E-state index contributed by atoms with van der Waals surface area (Å²) in [4.78, 5) is 10.7. The van der Waals surface area contributed by atoms with Crippen molar-refractivity contribution in [3.05, 3.63) is 72.8 Å². The van der Waals surface area contributed by atoms with Gasteiger partial charge in [0, 0.05) is 10.6 Å². The van der Waals surface area contributed by atoms with Gasteiger partial charge in [-0.25, -0.2) is 14.4 Å². The van der Waals surface area contributed by atoms with Crippen LogP contribution in [0.15, 0.2) is 67.0 Å². The first-order valence-corrected chi connectivity index (χ1v) is 7.94. The number of anilines is 2. The van der Waals surface area contributed by atoms with Crippen LogP contribution >= 0.6 is 11.3 Å². The molecular weight excluding hydrogens is 309 g/mol. The van der Waals surface area contributed by atoms with Gasteiger partial charge in [-0.2, -0.15) is 0 Å². The Kier molecular flexibility index (Phi) is 3.48. The molecule has 0 fully saturated rings. The van der Waals surface area contributed by atoms with Gasteiger partial charge in [0.15, 0.2) is 0 Å². The third kappa shape index (κ3) is 2.78. The lowest BCUT2D eigenvalue weighted by atomic mass is 10.2. The molecule has 5 heteroatoms. The summed E-state index contributed by atoms with van der Waals surface area (Å²) in [6, 6.07) is 18.5. The molecule has 2 heterocycles. The fraction of sp³-hybridized carbons (Fsp3) is 0. The van der Waals surface area contributed by atoms with Crippen molar-refractivity contribution < 1.29 is 4.39 Å². The fourth-order valence-electron chi connectivity index (χ4n) is 2.37. The maximum Gasteiger partial charge on any atom is 0.142 e. The van der Waals surface area contributed by atoms with Gasteiger partial charge >= 0.3 is 0 Å². The Morgan fingerprint density at radius 2 is 1.70 bits per heavy atom. The SMILES string of the molecule is Fc1ccc(Nc2ncnc3sc(-c4ccccc4)cc23)cc1. The molecule has 0 aliphatic carbocycles. The molecule has 0 aliphatic rings. The predicted octanol–water partition coefficient (Wildman–Crippen LogP) is 5.24. The average Bonchev–Trinajstić information content (AvgIpc) is 3.03. The van der Waals surface area contributed by atoms with E-state index in [1.165, 1.54) is 12.1 Å². The summed E-state index contributed by atoms with van der Waals surface area (Å²) in [6.07, 6.45) is 1.54. The van der Waals surface area contributed by atoms with Gasteiger partial charge in [-0.05, 0) is 35.9 Å². The molecule has 0 amide bonds. The molecule has 0 unspecified atom stereocenters. The zero-order valence-corrected chi connectivity index (χ0v) is 12.8. The molecule has 23 heavy (non-hydrogen) atoms. The van der Waals surface area contributed by atoms with Crippen molar-refractivity contribution in [1.82, 2.24) is 9.97 Å². The molecule has 3 nitrogen and oxygen atoms in total. The monoisotopic (exact) mass is 321 g/mol. The number of nitrogens with zero attached hydrogens (tertiary/aromatic N) is 2. The number of nitrogens with one attached hydrogen (secondary N) is 1. The highest BCUT2D eigenvalue weighted by Gasteiger charge is 2.10. The van der Waals surface area contributed by atoms with Gasteiger partial charge in [0.2, 0.25) is 0 Å². The number of aromatic nitrogens is 2. The minimum Gasteiger partial charge on any atom is -0.340 e. The Bertz CT molecular complexity index is 949. The van der Waals surface area contributed by atoms with Crippen molar-refractivity contribution in [1.29, 1.82) is 0 Å². The van der Waals surface area contributed by atoms with E-state index >= 15 is 0 Å². The van der Waals surface area contributed by atoms with Crippen LogP contribution in [-0.4, -0.2) is 9.97 Å². The van der Waals surface area contributed by atoms with E-state index in [9.17, 15) is 4.39 Å². The van der Waals surface area contributed by atoms with Crippen LogP contribution in [0.25, 0.3) is 20.7 Å². The molecule has 0 saturated carbocycles. The highest BCUT2D eigenvalue weighted by molar-refractivity contribution is 7.21. The summed E-state index contributed by atoms with van der Waals surface area (Å²) in [5.74, 6) is 0.463. The Labute approximate surface area is 136 Å². The molecule has 1 N–H and O–H groups in total. The lowest BCUT2D eigenvalue weighted by molar-refractivity contribution is 0.628. The number of benzene rings is 2. The van der Waals surface area contributed by atoms with Crippen molar-refractivity contribution in [3.8, 4) is 10.4 Å². The molecule has 0 saturated heterocycles. The maximum absolute atomic E-state index is 13.0. The first kappa shape index (κ1) is 13.8. The van der Waals surface area contributed by atoms with E-state index in [1.807, 2.05) is 18.2 Å². The van der Waals surface area contributed by atoms with Crippen molar-refractivity contribution >= 4 is 33.1 Å². The van der Waals surface area contributed by atoms with Crippen LogP contribution in [0, 0.1) is 5.82 Å². The van der Waals surface area contributed by atoms with E-state index in [0.29, 0.717) is 0 Å². The third-order valence-corrected chi connectivity index (χ3v) is 4.59. The maximum atomic E-state index is 13.0. The molecule has 4 rings (SSSR count). The fourth-order valence-corrected chi connectivity index (χ4v) is 3.37. The smallest absolute Gasteiger partial charge is 0.142 e. The highest BCUT2D eigenvalue weighted by atomic mass is 32.1. The molecule has 0 atom stereocenters. The van der Waals surface area contributed by atoms with Gasteiger partial charge in [0.25, 0.3) is 0 Å². The summed E-state index contributed by atoms with van der Waals surface area (Å²) >= 11 is 1.63. The lowest BCUT2D eigenvalue weighted by Gasteiger charge is -2.05. The number of thiophene rings is 1. The predicted molar refractivity (Wildman–Crippen MR) is 92.5 cm³/mol. The van der Waals surface area contributed by atoms with Gasteiger partial charge in [0.1, 0.15) is 22.8 Å². The molecule has 0 radical (unpaired) electrons. The zero-order valence-electron chi connectivity index (χ0n) is 12.0. The van der Waals surface area contributed by atoms with Crippen LogP contribution in [0.5, 0.6) is 0 Å². The average molecular weight is 321 g/mol. The zero-order chi connectivity index (χ0) is 15.6. The second kappa shape index (κ2) is 5.78. The Morgan fingerprint density at radius 3 is 2.48 bits per heavy atom. The van der Waals surface area contributed by atoms with E-state index in [2.05, 4.69) is 33.5 Å². The van der Waals surface area contributed by atoms with Crippen LogP contribution in [-0.2, 0) is 0 Å². The molecule has 0 bridgehead atoms. The van der Waals surface area contributed by atoms with E-state index < -0.39 is 0 Å². The largest absolute Gasteiger partial charge is 0.340 e. The van der Waals surface area contributed by atoms with Gasteiger partial charge < -0.3 is 5.32 Å². The molecule has 0 spiro atoms. The Morgan fingerprint density at radius 1 is 0.913 bits per heavy atom. The standard InChI is InChI=1S/C18H12FN3S/c19-13-6-8-14(9-7-13)22-17-15-10-16(12-4-2-1-3-5-12)23-18(15)21-11-20-17/h1-11H,(H,20,21,22). The van der Waals surface area contributed by atoms with Crippen LogP contribution in [0.2, 0.25) is 0 Å². The molecule has 4 aromatic rings. The lowest BCUT2D eigenvalue weighted by Crippen LogP contribution is -1.94. The van der Waals surface area contributed by atoms with Crippen LogP contribution in [0.3, 0.4) is 0 Å². The first-order chi connectivity index (χ1) is 11.3. The highest BCUT2D eigenvalue weighted by Crippen LogP contribution is 2.35. The second-order valence-electron chi connectivity index (χ2n) is 5.05. The summed E-state index contributed by atoms with van der Waals surface area (Å²) in [5.41, 5.74) is 1.95. The van der Waals surface area contributed by atoms with Gasteiger partial charge in [-0.3, -0.25) is 0 Å². The van der Waals surface area contributed by atoms with E-state index in [1.54, 1.807) is 29.8 Å². The van der Waals surface area contributed by atoms with E-state index in [-0.39, 0.29) is 5.82 Å². The third-order valence-electron chi connectivity index (χ3n) is 3.49. The summed E-state index contributed by atoms with van der Waals surface area (Å²) < 4.78 is 13.0. The second-order valence-corrected chi connectivity index (χ2v) is 6.08.